The molecule has 1 saturated carbocycles. The summed E-state index contributed by atoms with van der Waals surface area (Å²) in [5, 5.41) is 3.18. The van der Waals surface area contributed by atoms with Crippen LogP contribution in [0.4, 0.5) is 0 Å². The van der Waals surface area contributed by atoms with Gasteiger partial charge in [0.05, 0.1) is 6.04 Å². The van der Waals surface area contributed by atoms with Gasteiger partial charge in [-0.05, 0) is 38.0 Å². The van der Waals surface area contributed by atoms with Crippen LogP contribution in [0.1, 0.15) is 44.9 Å². The van der Waals surface area contributed by atoms with E-state index in [-0.39, 0.29) is 17.9 Å². The van der Waals surface area contributed by atoms with Crippen LogP contribution < -0.4 is 11.1 Å². The number of rotatable bonds is 4. The number of hydrogen-bond donors (Lipinski definition) is 2. The Morgan fingerprint density at radius 2 is 1.86 bits per heavy atom. The van der Waals surface area contributed by atoms with E-state index in [2.05, 4.69) is 10.2 Å². The van der Waals surface area contributed by atoms with Crippen molar-refractivity contribution in [2.75, 3.05) is 26.3 Å². The summed E-state index contributed by atoms with van der Waals surface area (Å²) in [6.45, 7) is 3.62. The normalized spacial score (nSPS) is 30.6. The Bertz CT molecular complexity index is 351. The van der Waals surface area contributed by atoms with Crippen LogP contribution in [0.2, 0.25) is 0 Å². The highest BCUT2D eigenvalue weighted by Gasteiger charge is 2.33. The van der Waals surface area contributed by atoms with E-state index in [0.717, 1.165) is 51.6 Å². The molecule has 2 unspecified atom stereocenters. The van der Waals surface area contributed by atoms with E-state index in [9.17, 15) is 4.79 Å². The molecule has 2 saturated heterocycles. The molecule has 0 spiro atoms. The van der Waals surface area contributed by atoms with Gasteiger partial charge in [-0.3, -0.25) is 9.69 Å². The van der Waals surface area contributed by atoms with Crippen molar-refractivity contribution in [3.05, 3.63) is 0 Å². The van der Waals surface area contributed by atoms with Crippen LogP contribution in [0.15, 0.2) is 0 Å². The van der Waals surface area contributed by atoms with Crippen molar-refractivity contribution < 1.29 is 9.53 Å². The molecule has 5 heteroatoms. The Morgan fingerprint density at radius 1 is 1.14 bits per heavy atom. The van der Waals surface area contributed by atoms with Gasteiger partial charge >= 0.3 is 0 Å². The molecule has 0 aromatic rings. The van der Waals surface area contributed by atoms with Crippen molar-refractivity contribution in [2.24, 2.45) is 11.7 Å². The first kappa shape index (κ1) is 15.3. The van der Waals surface area contributed by atoms with E-state index in [1.807, 2.05) is 0 Å². The van der Waals surface area contributed by atoms with Crippen LogP contribution in [0, 0.1) is 5.92 Å². The molecule has 0 radical (unpaired) electrons. The summed E-state index contributed by atoms with van der Waals surface area (Å²) in [6.07, 6.45) is 8.30. The third kappa shape index (κ3) is 3.76. The second kappa shape index (κ2) is 7.07. The summed E-state index contributed by atoms with van der Waals surface area (Å²) in [4.78, 5) is 14.9. The Kier molecular flexibility index (Phi) is 5.14. The maximum atomic E-state index is 12.3. The fourth-order valence-electron chi connectivity index (χ4n) is 4.09. The number of likely N-dealkylation sites (tertiary alicyclic amines) is 1. The number of ether oxygens (including phenoxy) is 1. The molecule has 1 aliphatic carbocycles. The van der Waals surface area contributed by atoms with Crippen LogP contribution in [0.5, 0.6) is 0 Å². The van der Waals surface area contributed by atoms with Crippen LogP contribution >= 0.6 is 0 Å². The van der Waals surface area contributed by atoms with Crippen LogP contribution in [-0.2, 0) is 9.53 Å². The molecule has 1 amide bonds. The Labute approximate surface area is 127 Å². The van der Waals surface area contributed by atoms with Gasteiger partial charge in [-0.2, -0.15) is 0 Å². The fourth-order valence-corrected chi connectivity index (χ4v) is 4.09. The number of nitrogens with one attached hydrogen (secondary N) is 1. The van der Waals surface area contributed by atoms with Gasteiger partial charge in [0.15, 0.2) is 0 Å². The minimum atomic E-state index is -0.366. The van der Waals surface area contributed by atoms with Crippen molar-refractivity contribution in [3.8, 4) is 0 Å². The van der Waals surface area contributed by atoms with Gasteiger partial charge in [-0.25, -0.2) is 0 Å². The van der Waals surface area contributed by atoms with Crippen molar-refractivity contribution >= 4 is 5.91 Å². The van der Waals surface area contributed by atoms with Crippen LogP contribution in [0.25, 0.3) is 0 Å². The summed E-state index contributed by atoms with van der Waals surface area (Å²) in [6, 6.07) is 0.689. The average Bonchev–Trinajstić information content (AvgIpc) is 3.18. The summed E-state index contributed by atoms with van der Waals surface area (Å²) in [5.74, 6) is 0.325. The number of nitrogens with two attached hydrogens (primary N) is 1. The molecular weight excluding hydrogens is 266 g/mol. The average molecular weight is 295 g/mol. The number of carbonyl (C=O) groups excluding carboxylic acids is 1. The molecule has 21 heavy (non-hydrogen) atoms. The summed E-state index contributed by atoms with van der Waals surface area (Å²) < 4.78 is 5.34. The first-order chi connectivity index (χ1) is 10.2. The Balaban J connectivity index is 1.44. The van der Waals surface area contributed by atoms with Crippen molar-refractivity contribution in [1.29, 1.82) is 0 Å². The molecule has 5 nitrogen and oxygen atoms in total. The van der Waals surface area contributed by atoms with E-state index in [1.165, 1.54) is 25.7 Å². The lowest BCUT2D eigenvalue weighted by molar-refractivity contribution is -0.125. The van der Waals surface area contributed by atoms with E-state index in [0.29, 0.717) is 6.04 Å². The van der Waals surface area contributed by atoms with E-state index in [4.69, 9.17) is 10.5 Å². The zero-order valence-corrected chi connectivity index (χ0v) is 12.9. The molecule has 120 valence electrons. The summed E-state index contributed by atoms with van der Waals surface area (Å²) in [5.41, 5.74) is 6.15. The molecule has 3 N–H and O–H groups in total. The molecule has 0 aromatic carbocycles. The number of carbonyl (C=O) groups is 1. The number of hydrogen-bond acceptors (Lipinski definition) is 4. The van der Waals surface area contributed by atoms with Gasteiger partial charge in [0.2, 0.25) is 5.91 Å². The van der Waals surface area contributed by atoms with Crippen molar-refractivity contribution in [3.63, 3.8) is 0 Å². The maximum absolute atomic E-state index is 12.3. The second-order valence-corrected chi connectivity index (χ2v) is 6.90. The second-order valence-electron chi connectivity index (χ2n) is 6.90. The topological polar surface area (TPSA) is 67.6 Å². The van der Waals surface area contributed by atoms with E-state index >= 15 is 0 Å². The monoisotopic (exact) mass is 295 g/mol. The quantitative estimate of drug-likeness (QED) is 0.808. The molecule has 2 heterocycles. The third-order valence-corrected chi connectivity index (χ3v) is 5.48. The third-order valence-electron chi connectivity index (χ3n) is 5.48. The Hall–Kier alpha value is -0.650. The maximum Gasteiger partial charge on any atom is 0.237 e. The molecule has 3 aliphatic rings. The molecule has 0 bridgehead atoms. The molecule has 3 fully saturated rings. The highest BCUT2D eigenvalue weighted by Crippen LogP contribution is 2.26. The SMILES string of the molecule is NC(C(=O)NC1CCN(C2CCCC2)C1)C1CCOCC1. The van der Waals surface area contributed by atoms with Gasteiger partial charge in [-0.15, -0.1) is 0 Å². The first-order valence-electron chi connectivity index (χ1n) is 8.62. The van der Waals surface area contributed by atoms with E-state index in [1.54, 1.807) is 0 Å². The largest absolute Gasteiger partial charge is 0.381 e. The first-order valence-corrected chi connectivity index (χ1v) is 8.62. The zero-order valence-electron chi connectivity index (χ0n) is 12.9. The van der Waals surface area contributed by atoms with Gasteiger partial charge in [-0.1, -0.05) is 12.8 Å². The molecule has 0 aromatic heterocycles. The molecule has 3 rings (SSSR count). The summed E-state index contributed by atoms with van der Waals surface area (Å²) >= 11 is 0. The molecule has 2 aliphatic heterocycles. The minimum absolute atomic E-state index is 0.0418. The van der Waals surface area contributed by atoms with Gasteiger partial charge in [0.1, 0.15) is 0 Å². The summed E-state index contributed by atoms with van der Waals surface area (Å²) in [7, 11) is 0. The van der Waals surface area contributed by atoms with Crippen LogP contribution in [0.3, 0.4) is 0 Å². The van der Waals surface area contributed by atoms with Gasteiger partial charge in [0.25, 0.3) is 0 Å². The lowest BCUT2D eigenvalue weighted by Gasteiger charge is -2.28. The predicted molar refractivity (Wildman–Crippen MR) is 81.9 cm³/mol. The van der Waals surface area contributed by atoms with Gasteiger partial charge < -0.3 is 15.8 Å². The standard InChI is InChI=1S/C16H29N3O2/c17-15(12-6-9-21-10-7-12)16(20)18-13-5-8-19(11-13)14-3-1-2-4-14/h12-15H,1-11,17H2,(H,18,20). The molecular formula is C16H29N3O2. The smallest absolute Gasteiger partial charge is 0.237 e. The number of nitrogens with zero attached hydrogens (tertiary/aromatic N) is 1. The molecule has 2 atom stereocenters. The highest BCUT2D eigenvalue weighted by atomic mass is 16.5. The minimum Gasteiger partial charge on any atom is -0.381 e. The Morgan fingerprint density at radius 3 is 2.57 bits per heavy atom. The lowest BCUT2D eigenvalue weighted by Crippen LogP contribution is -2.50. The fraction of sp³-hybridized carbons (Fsp3) is 0.938. The van der Waals surface area contributed by atoms with Gasteiger partial charge in [0, 0.05) is 38.4 Å². The zero-order chi connectivity index (χ0) is 14.7. The predicted octanol–water partition coefficient (Wildman–Crippen LogP) is 0.873. The van der Waals surface area contributed by atoms with Crippen molar-refractivity contribution in [1.82, 2.24) is 10.2 Å². The number of amides is 1. The van der Waals surface area contributed by atoms with Crippen molar-refractivity contribution in [2.45, 2.75) is 63.1 Å². The van der Waals surface area contributed by atoms with E-state index < -0.39 is 0 Å². The highest BCUT2D eigenvalue weighted by molar-refractivity contribution is 5.82. The lowest BCUT2D eigenvalue weighted by atomic mass is 9.91. The van der Waals surface area contributed by atoms with Crippen LogP contribution in [-0.4, -0.2) is 55.2 Å².